The molecule has 0 spiro atoms. The molecule has 1 aliphatic heterocycles. The number of rotatable bonds is 6. The van der Waals surface area contributed by atoms with Crippen LogP contribution in [0, 0.1) is 10.8 Å². The van der Waals surface area contributed by atoms with Crippen LogP contribution >= 0.6 is 0 Å². The van der Waals surface area contributed by atoms with Gasteiger partial charge in [-0.25, -0.2) is 0 Å². The first kappa shape index (κ1) is 19.4. The van der Waals surface area contributed by atoms with Crippen molar-refractivity contribution >= 4 is 0 Å². The smallest absolute Gasteiger partial charge is 0.233 e. The molecule has 0 radical (unpaired) electrons. The SMILES string of the molecule is CCC(CCC(C)(C)C)c1nnc([C@@H]2CCCN2CC(C)(C)C)o1. The summed E-state index contributed by atoms with van der Waals surface area (Å²) in [4.78, 5) is 2.52. The molecular weight excluding hydrogens is 298 g/mol. The maximum absolute atomic E-state index is 6.17. The van der Waals surface area contributed by atoms with Gasteiger partial charge in [0.25, 0.3) is 0 Å². The Balaban J connectivity index is 2.05. The van der Waals surface area contributed by atoms with Gasteiger partial charge in [-0.2, -0.15) is 0 Å². The first-order chi connectivity index (χ1) is 11.1. The predicted octanol–water partition coefficient (Wildman–Crippen LogP) is 5.57. The summed E-state index contributed by atoms with van der Waals surface area (Å²) in [6.07, 6.45) is 5.73. The van der Waals surface area contributed by atoms with Gasteiger partial charge in [0.2, 0.25) is 11.8 Å². The summed E-state index contributed by atoms with van der Waals surface area (Å²) >= 11 is 0. The third-order valence-corrected chi connectivity index (χ3v) is 4.87. The van der Waals surface area contributed by atoms with Crippen LogP contribution < -0.4 is 0 Å². The van der Waals surface area contributed by atoms with E-state index in [2.05, 4.69) is 63.6 Å². The Labute approximate surface area is 148 Å². The maximum Gasteiger partial charge on any atom is 0.233 e. The number of hydrogen-bond donors (Lipinski definition) is 0. The van der Waals surface area contributed by atoms with E-state index >= 15 is 0 Å². The van der Waals surface area contributed by atoms with Gasteiger partial charge in [-0.3, -0.25) is 4.90 Å². The molecule has 0 saturated carbocycles. The fourth-order valence-corrected chi connectivity index (χ4v) is 3.56. The molecule has 1 fully saturated rings. The van der Waals surface area contributed by atoms with Crippen LogP contribution in [-0.4, -0.2) is 28.2 Å². The van der Waals surface area contributed by atoms with E-state index in [1.807, 2.05) is 0 Å². The van der Waals surface area contributed by atoms with Gasteiger partial charge in [0.15, 0.2) is 0 Å². The Morgan fingerprint density at radius 2 is 1.83 bits per heavy atom. The predicted molar refractivity (Wildman–Crippen MR) is 99.0 cm³/mol. The summed E-state index contributed by atoms with van der Waals surface area (Å²) in [7, 11) is 0. The minimum Gasteiger partial charge on any atom is -0.423 e. The Hall–Kier alpha value is -0.900. The number of likely N-dealkylation sites (tertiary alicyclic amines) is 1. The molecule has 0 amide bonds. The van der Waals surface area contributed by atoms with Crippen molar-refractivity contribution in [3.63, 3.8) is 0 Å². The highest BCUT2D eigenvalue weighted by molar-refractivity contribution is 4.98. The van der Waals surface area contributed by atoms with Gasteiger partial charge in [-0.15, -0.1) is 10.2 Å². The largest absolute Gasteiger partial charge is 0.423 e. The number of aromatic nitrogens is 2. The van der Waals surface area contributed by atoms with Crippen molar-refractivity contribution in [3.05, 3.63) is 11.8 Å². The Morgan fingerprint density at radius 1 is 1.12 bits per heavy atom. The van der Waals surface area contributed by atoms with E-state index in [0.29, 0.717) is 22.8 Å². The second-order valence-corrected chi connectivity index (χ2v) is 9.87. The standard InChI is InChI=1S/C20H37N3O/c1-8-15(11-12-19(2,3)4)17-21-22-18(24-17)16-10-9-13-23(16)14-20(5,6)7/h15-16H,8-14H2,1-7H3/t15?,16-/m0/s1. The van der Waals surface area contributed by atoms with Gasteiger partial charge in [-0.05, 0) is 49.5 Å². The molecule has 0 aliphatic carbocycles. The maximum atomic E-state index is 6.17. The fraction of sp³-hybridized carbons (Fsp3) is 0.900. The van der Waals surface area contributed by atoms with E-state index in [1.54, 1.807) is 0 Å². The second kappa shape index (κ2) is 7.55. The molecule has 2 heterocycles. The van der Waals surface area contributed by atoms with Gasteiger partial charge in [-0.1, -0.05) is 48.5 Å². The average Bonchev–Trinajstić information content (AvgIpc) is 3.05. The number of nitrogens with zero attached hydrogens (tertiary/aromatic N) is 3. The molecule has 2 rings (SSSR count). The van der Waals surface area contributed by atoms with E-state index in [1.165, 1.54) is 12.8 Å². The highest BCUT2D eigenvalue weighted by Crippen LogP contribution is 2.36. The van der Waals surface area contributed by atoms with Crippen LogP contribution in [0.2, 0.25) is 0 Å². The molecule has 4 nitrogen and oxygen atoms in total. The molecule has 0 N–H and O–H groups in total. The average molecular weight is 336 g/mol. The van der Waals surface area contributed by atoms with E-state index in [9.17, 15) is 0 Å². The first-order valence-electron chi connectivity index (χ1n) is 9.66. The van der Waals surface area contributed by atoms with Gasteiger partial charge in [0, 0.05) is 12.5 Å². The Morgan fingerprint density at radius 3 is 2.42 bits per heavy atom. The van der Waals surface area contributed by atoms with Gasteiger partial charge >= 0.3 is 0 Å². The molecular formula is C20H37N3O. The van der Waals surface area contributed by atoms with Crippen molar-refractivity contribution < 1.29 is 4.42 Å². The molecule has 1 unspecified atom stereocenters. The zero-order valence-corrected chi connectivity index (χ0v) is 16.9. The molecule has 1 aromatic rings. The molecule has 138 valence electrons. The van der Waals surface area contributed by atoms with Crippen LogP contribution in [0.15, 0.2) is 4.42 Å². The lowest BCUT2D eigenvalue weighted by Gasteiger charge is -2.29. The third kappa shape index (κ3) is 5.58. The lowest BCUT2D eigenvalue weighted by Crippen LogP contribution is -2.32. The lowest BCUT2D eigenvalue weighted by molar-refractivity contribution is 0.157. The zero-order valence-electron chi connectivity index (χ0n) is 16.9. The van der Waals surface area contributed by atoms with Crippen molar-refractivity contribution in [2.45, 2.75) is 92.5 Å². The number of hydrogen-bond acceptors (Lipinski definition) is 4. The molecule has 1 saturated heterocycles. The summed E-state index contributed by atoms with van der Waals surface area (Å²) in [5.74, 6) is 2.07. The van der Waals surface area contributed by atoms with Crippen LogP contribution in [0.3, 0.4) is 0 Å². The molecule has 1 aliphatic rings. The van der Waals surface area contributed by atoms with E-state index in [4.69, 9.17) is 4.42 Å². The van der Waals surface area contributed by atoms with Crippen LogP contribution in [-0.2, 0) is 0 Å². The van der Waals surface area contributed by atoms with Crippen molar-refractivity contribution in [1.29, 1.82) is 0 Å². The van der Waals surface area contributed by atoms with Crippen LogP contribution in [0.5, 0.6) is 0 Å². The van der Waals surface area contributed by atoms with Crippen LogP contribution in [0.4, 0.5) is 0 Å². The Bertz CT molecular complexity index is 510. The summed E-state index contributed by atoms with van der Waals surface area (Å²) in [5, 5.41) is 8.85. The van der Waals surface area contributed by atoms with Crippen molar-refractivity contribution in [2.75, 3.05) is 13.1 Å². The zero-order chi connectivity index (χ0) is 18.0. The topological polar surface area (TPSA) is 42.2 Å². The quantitative estimate of drug-likeness (QED) is 0.681. The van der Waals surface area contributed by atoms with E-state index in [0.717, 1.165) is 44.1 Å². The molecule has 24 heavy (non-hydrogen) atoms. The lowest BCUT2D eigenvalue weighted by atomic mass is 9.86. The Kier molecular flexibility index (Phi) is 6.11. The minimum absolute atomic E-state index is 0.296. The van der Waals surface area contributed by atoms with Crippen LogP contribution in [0.1, 0.15) is 104 Å². The van der Waals surface area contributed by atoms with Crippen molar-refractivity contribution in [3.8, 4) is 0 Å². The fourth-order valence-electron chi connectivity index (χ4n) is 3.56. The molecule has 0 aromatic carbocycles. The molecule has 4 heteroatoms. The van der Waals surface area contributed by atoms with E-state index in [-0.39, 0.29) is 0 Å². The minimum atomic E-state index is 0.296. The monoisotopic (exact) mass is 335 g/mol. The van der Waals surface area contributed by atoms with Crippen molar-refractivity contribution in [2.24, 2.45) is 10.8 Å². The van der Waals surface area contributed by atoms with Crippen LogP contribution in [0.25, 0.3) is 0 Å². The van der Waals surface area contributed by atoms with Gasteiger partial charge < -0.3 is 4.42 Å². The highest BCUT2D eigenvalue weighted by atomic mass is 16.4. The third-order valence-electron chi connectivity index (χ3n) is 4.87. The molecule has 1 aromatic heterocycles. The summed E-state index contributed by atoms with van der Waals surface area (Å²) in [6, 6.07) is 0.311. The highest BCUT2D eigenvalue weighted by Gasteiger charge is 2.33. The molecule has 0 bridgehead atoms. The first-order valence-corrected chi connectivity index (χ1v) is 9.66. The summed E-state index contributed by atoms with van der Waals surface area (Å²) < 4.78 is 6.17. The van der Waals surface area contributed by atoms with Gasteiger partial charge in [0.05, 0.1) is 6.04 Å². The molecule has 2 atom stereocenters. The van der Waals surface area contributed by atoms with E-state index < -0.39 is 0 Å². The normalized spacial score (nSPS) is 21.4. The summed E-state index contributed by atoms with van der Waals surface area (Å²) in [5.41, 5.74) is 0.648. The van der Waals surface area contributed by atoms with Gasteiger partial charge in [0.1, 0.15) is 0 Å². The summed E-state index contributed by atoms with van der Waals surface area (Å²) in [6.45, 7) is 18.2. The van der Waals surface area contributed by atoms with Crippen molar-refractivity contribution in [1.82, 2.24) is 15.1 Å². The second-order valence-electron chi connectivity index (χ2n) is 9.87.